The van der Waals surface area contributed by atoms with Gasteiger partial charge in [-0.25, -0.2) is 4.79 Å². The Bertz CT molecular complexity index is 1520. The molecule has 0 atom stereocenters. The van der Waals surface area contributed by atoms with Gasteiger partial charge in [0.1, 0.15) is 10.8 Å². The zero-order valence-electron chi connectivity index (χ0n) is 20.4. The summed E-state index contributed by atoms with van der Waals surface area (Å²) in [4.78, 5) is 33.7. The molecule has 2 aliphatic heterocycles. The molecule has 11 heteroatoms. The highest BCUT2D eigenvalue weighted by atomic mass is 32.2. The van der Waals surface area contributed by atoms with Gasteiger partial charge in [0.2, 0.25) is 5.17 Å². The number of methoxy groups -OCH3 is 1. The molecule has 190 valence electrons. The monoisotopic (exact) mass is 527 g/mol. The summed E-state index contributed by atoms with van der Waals surface area (Å²) < 4.78 is 16.4. The van der Waals surface area contributed by atoms with E-state index in [1.54, 1.807) is 75.0 Å². The maximum Gasteiger partial charge on any atom is 0.343 e. The van der Waals surface area contributed by atoms with Crippen LogP contribution in [-0.4, -0.2) is 51.6 Å². The number of hydrogen-bond donors (Lipinski definition) is 1. The molecule has 0 bridgehead atoms. The lowest BCUT2D eigenvalue weighted by molar-refractivity contribution is -0.114. The Labute approximate surface area is 222 Å². The molecule has 0 fully saturated rings. The number of carbonyl (C=O) groups is 2. The third-order valence-corrected chi connectivity index (χ3v) is 6.43. The summed E-state index contributed by atoms with van der Waals surface area (Å²) >= 11 is 1.20. The quantitative estimate of drug-likeness (QED) is 0.273. The van der Waals surface area contributed by atoms with Gasteiger partial charge in [-0.2, -0.15) is 15.1 Å². The van der Waals surface area contributed by atoms with E-state index in [4.69, 9.17) is 19.6 Å². The fourth-order valence-electron chi connectivity index (χ4n) is 3.62. The van der Waals surface area contributed by atoms with E-state index >= 15 is 0 Å². The third-order valence-electron chi connectivity index (χ3n) is 5.47. The first kappa shape index (κ1) is 24.9. The van der Waals surface area contributed by atoms with Crippen LogP contribution < -0.4 is 14.2 Å². The number of benzene rings is 2. The minimum absolute atomic E-state index is 0.0657. The van der Waals surface area contributed by atoms with Gasteiger partial charge in [-0.1, -0.05) is 6.07 Å². The van der Waals surface area contributed by atoms with Crippen LogP contribution in [0.4, 0.5) is 0 Å². The van der Waals surface area contributed by atoms with Crippen molar-refractivity contribution < 1.29 is 23.8 Å². The number of fused-ring (bicyclic) bond motifs is 1. The number of rotatable bonds is 7. The highest BCUT2D eigenvalue weighted by Gasteiger charge is 2.36. The lowest BCUT2D eigenvalue weighted by Gasteiger charge is -2.20. The molecule has 10 nitrogen and oxygen atoms in total. The van der Waals surface area contributed by atoms with Crippen molar-refractivity contribution in [2.24, 2.45) is 10.1 Å². The largest absolute Gasteiger partial charge is 0.497 e. The van der Waals surface area contributed by atoms with Gasteiger partial charge in [0.25, 0.3) is 5.91 Å². The summed E-state index contributed by atoms with van der Waals surface area (Å²) in [5.41, 5.74) is 1.74. The third kappa shape index (κ3) is 5.04. The van der Waals surface area contributed by atoms with Crippen LogP contribution in [0.25, 0.3) is 6.08 Å². The molecule has 0 aliphatic carbocycles. The maximum atomic E-state index is 12.8. The van der Waals surface area contributed by atoms with Crippen molar-refractivity contribution in [3.8, 4) is 17.2 Å². The molecule has 3 aromatic rings. The normalized spacial score (nSPS) is 15.6. The van der Waals surface area contributed by atoms with Gasteiger partial charge in [0.15, 0.2) is 17.3 Å². The van der Waals surface area contributed by atoms with E-state index < -0.39 is 11.9 Å². The second-order valence-corrected chi connectivity index (χ2v) is 8.88. The van der Waals surface area contributed by atoms with Crippen LogP contribution >= 0.6 is 11.8 Å². The molecule has 0 saturated carbocycles. The number of pyridine rings is 1. The number of ether oxygens (including phenoxy) is 3. The molecule has 38 heavy (non-hydrogen) atoms. The Morgan fingerprint density at radius 2 is 1.95 bits per heavy atom. The van der Waals surface area contributed by atoms with E-state index in [9.17, 15) is 9.59 Å². The van der Waals surface area contributed by atoms with Crippen molar-refractivity contribution in [3.63, 3.8) is 0 Å². The fourth-order valence-corrected chi connectivity index (χ4v) is 4.50. The van der Waals surface area contributed by atoms with Crippen molar-refractivity contribution in [2.45, 2.75) is 6.92 Å². The molecule has 5 rings (SSSR count). The number of amidine groups is 2. The smallest absolute Gasteiger partial charge is 0.343 e. The summed E-state index contributed by atoms with van der Waals surface area (Å²) in [5.74, 6) is -0.0405. The summed E-state index contributed by atoms with van der Waals surface area (Å²) in [6, 6.07) is 15.1. The summed E-state index contributed by atoms with van der Waals surface area (Å²) in [7, 11) is 1.54. The fraction of sp³-hybridized carbons (Fsp3) is 0.111. The van der Waals surface area contributed by atoms with E-state index in [1.807, 2.05) is 6.07 Å². The first-order valence-electron chi connectivity index (χ1n) is 11.5. The predicted octanol–water partition coefficient (Wildman–Crippen LogP) is 4.38. The Hall–Kier alpha value is -4.77. The highest BCUT2D eigenvalue weighted by molar-refractivity contribution is 8.27. The number of esters is 1. The Kier molecular flexibility index (Phi) is 7.00. The minimum Gasteiger partial charge on any atom is -0.497 e. The number of amides is 1. The van der Waals surface area contributed by atoms with Crippen molar-refractivity contribution in [1.82, 2.24) is 9.99 Å². The number of nitrogens with one attached hydrogen (secondary N) is 1. The number of carbonyl (C=O) groups excluding carboxylic acids is 2. The average Bonchev–Trinajstić information content (AvgIpc) is 3.37. The molecular weight excluding hydrogens is 506 g/mol. The highest BCUT2D eigenvalue weighted by Crippen LogP contribution is 2.33. The number of aliphatic imine (C=N–C) groups is 1. The molecule has 2 aliphatic rings. The average molecular weight is 528 g/mol. The summed E-state index contributed by atoms with van der Waals surface area (Å²) in [5, 5.41) is 15.3. The second kappa shape index (κ2) is 10.7. The van der Waals surface area contributed by atoms with Gasteiger partial charge in [0.05, 0.1) is 24.9 Å². The molecule has 0 radical (unpaired) electrons. The SMILES string of the molecule is CCOc1cc(C=C2C(=N)N3N=C(c4cccnc4)SC3=NC2=O)ccc1OC(=O)c1ccc(OC)cc1. The van der Waals surface area contributed by atoms with Gasteiger partial charge in [-0.3, -0.25) is 15.2 Å². The van der Waals surface area contributed by atoms with Gasteiger partial charge in [-0.15, -0.1) is 0 Å². The Balaban J connectivity index is 1.39. The van der Waals surface area contributed by atoms with Crippen LogP contribution in [0.1, 0.15) is 28.4 Å². The molecular formula is C27H21N5O5S. The lowest BCUT2D eigenvalue weighted by atomic mass is 10.1. The first-order valence-corrected chi connectivity index (χ1v) is 12.3. The van der Waals surface area contributed by atoms with Crippen LogP contribution in [0.2, 0.25) is 0 Å². The molecule has 0 unspecified atom stereocenters. The van der Waals surface area contributed by atoms with E-state index in [-0.39, 0.29) is 17.2 Å². The van der Waals surface area contributed by atoms with Gasteiger partial charge in [-0.05, 0) is 78.9 Å². The van der Waals surface area contributed by atoms with Crippen molar-refractivity contribution >= 4 is 45.8 Å². The van der Waals surface area contributed by atoms with Crippen LogP contribution in [0, 0.1) is 5.41 Å². The van der Waals surface area contributed by atoms with Crippen molar-refractivity contribution in [1.29, 1.82) is 5.41 Å². The van der Waals surface area contributed by atoms with Crippen LogP contribution in [-0.2, 0) is 4.79 Å². The van der Waals surface area contributed by atoms with E-state index in [0.29, 0.717) is 39.4 Å². The van der Waals surface area contributed by atoms with E-state index in [1.165, 1.54) is 22.8 Å². The summed E-state index contributed by atoms with van der Waals surface area (Å²) in [6.07, 6.45) is 4.85. The first-order chi connectivity index (χ1) is 18.5. The molecule has 2 aromatic carbocycles. The van der Waals surface area contributed by atoms with Gasteiger partial charge < -0.3 is 14.2 Å². The number of thioether (sulfide) groups is 1. The minimum atomic E-state index is -0.556. The van der Waals surface area contributed by atoms with Gasteiger partial charge >= 0.3 is 5.97 Å². The number of hydrogen-bond acceptors (Lipinski definition) is 9. The summed E-state index contributed by atoms with van der Waals surface area (Å²) in [6.45, 7) is 2.13. The van der Waals surface area contributed by atoms with Crippen molar-refractivity contribution in [2.75, 3.05) is 13.7 Å². The lowest BCUT2D eigenvalue weighted by Crippen LogP contribution is -2.35. The van der Waals surface area contributed by atoms with Crippen LogP contribution in [0.15, 0.2) is 82.7 Å². The standard InChI is InChI=1S/C27H21N5O5S/c1-3-36-22-14-16(6-11-21(22)37-26(34)17-7-9-19(35-2)10-8-17)13-20-23(28)32-27(30-24(20)33)38-25(31-32)18-5-4-12-29-15-18/h4-15,28H,3H2,1-2H3. The number of aromatic nitrogens is 1. The Morgan fingerprint density at radius 3 is 2.66 bits per heavy atom. The predicted molar refractivity (Wildman–Crippen MR) is 144 cm³/mol. The second-order valence-electron chi connectivity index (χ2n) is 7.92. The van der Waals surface area contributed by atoms with Crippen LogP contribution in [0.5, 0.6) is 17.2 Å². The Morgan fingerprint density at radius 1 is 1.13 bits per heavy atom. The van der Waals surface area contributed by atoms with Crippen LogP contribution in [0.3, 0.4) is 0 Å². The van der Waals surface area contributed by atoms with Gasteiger partial charge in [0, 0.05) is 18.0 Å². The molecule has 0 saturated heterocycles. The zero-order valence-corrected chi connectivity index (χ0v) is 21.2. The molecule has 1 aromatic heterocycles. The topological polar surface area (TPSA) is 127 Å². The van der Waals surface area contributed by atoms with E-state index in [2.05, 4.69) is 15.1 Å². The maximum absolute atomic E-state index is 12.8. The number of nitrogens with zero attached hydrogens (tertiary/aromatic N) is 4. The zero-order chi connectivity index (χ0) is 26.6. The van der Waals surface area contributed by atoms with E-state index in [0.717, 1.165) is 5.56 Å². The molecule has 0 spiro atoms. The molecule has 1 N–H and O–H groups in total. The molecule has 3 heterocycles. The molecule has 1 amide bonds. The van der Waals surface area contributed by atoms with Crippen molar-refractivity contribution in [3.05, 3.63) is 89.3 Å². The number of hydrazone groups is 1.